The van der Waals surface area contributed by atoms with Crippen molar-refractivity contribution in [2.24, 2.45) is 0 Å². The molecule has 0 saturated heterocycles. The maximum atomic E-state index is 11.9. The molecule has 0 aliphatic carbocycles. The van der Waals surface area contributed by atoms with Crippen molar-refractivity contribution in [1.29, 1.82) is 0 Å². The smallest absolute Gasteiger partial charge is 0.328 e. The van der Waals surface area contributed by atoms with Crippen LogP contribution in [0.25, 0.3) is 0 Å². The van der Waals surface area contributed by atoms with Crippen LogP contribution in [0.5, 0.6) is 0 Å². The SMILES string of the molecule is COC(=O)[C@H](C)NC(=O)[C@H](C)NC(=O)Cc1cccc([N+](=O)[O-])c1. The van der Waals surface area contributed by atoms with E-state index in [9.17, 15) is 24.5 Å². The summed E-state index contributed by atoms with van der Waals surface area (Å²) in [5.41, 5.74) is 0.343. The number of esters is 1. The highest BCUT2D eigenvalue weighted by atomic mass is 16.6. The second-order valence-electron chi connectivity index (χ2n) is 5.15. The Morgan fingerprint density at radius 1 is 1.21 bits per heavy atom. The van der Waals surface area contributed by atoms with Gasteiger partial charge in [-0.3, -0.25) is 19.7 Å². The largest absolute Gasteiger partial charge is 0.467 e. The third kappa shape index (κ3) is 5.67. The van der Waals surface area contributed by atoms with Gasteiger partial charge in [-0.2, -0.15) is 0 Å². The molecule has 0 bridgehead atoms. The van der Waals surface area contributed by atoms with E-state index in [1.807, 2.05) is 0 Å². The van der Waals surface area contributed by atoms with Crippen molar-refractivity contribution in [3.05, 3.63) is 39.9 Å². The maximum absolute atomic E-state index is 11.9. The summed E-state index contributed by atoms with van der Waals surface area (Å²) in [6.07, 6.45) is -0.105. The van der Waals surface area contributed by atoms with E-state index in [1.165, 1.54) is 39.2 Å². The van der Waals surface area contributed by atoms with Gasteiger partial charge in [-0.25, -0.2) is 4.79 Å². The number of nitro groups is 1. The fraction of sp³-hybridized carbons (Fsp3) is 0.400. The molecule has 1 aromatic carbocycles. The number of amides is 2. The summed E-state index contributed by atoms with van der Waals surface area (Å²) in [6.45, 7) is 2.92. The number of hydrogen-bond acceptors (Lipinski definition) is 6. The molecule has 0 aliphatic rings. The van der Waals surface area contributed by atoms with E-state index in [2.05, 4.69) is 15.4 Å². The van der Waals surface area contributed by atoms with Gasteiger partial charge in [-0.05, 0) is 19.4 Å². The number of methoxy groups -OCH3 is 1. The molecule has 0 saturated carbocycles. The highest BCUT2D eigenvalue weighted by Gasteiger charge is 2.21. The first-order chi connectivity index (χ1) is 11.2. The summed E-state index contributed by atoms with van der Waals surface area (Å²) in [4.78, 5) is 45.2. The first-order valence-corrected chi connectivity index (χ1v) is 7.15. The number of nitro benzene ring substituents is 1. The molecule has 0 unspecified atom stereocenters. The quantitative estimate of drug-likeness (QED) is 0.419. The van der Waals surface area contributed by atoms with Gasteiger partial charge in [-0.1, -0.05) is 12.1 Å². The molecule has 0 aromatic heterocycles. The van der Waals surface area contributed by atoms with Crippen LogP contribution in [0.2, 0.25) is 0 Å². The van der Waals surface area contributed by atoms with E-state index in [4.69, 9.17) is 0 Å². The third-order valence-electron chi connectivity index (χ3n) is 3.17. The van der Waals surface area contributed by atoms with Crippen LogP contribution in [0.15, 0.2) is 24.3 Å². The number of non-ortho nitro benzene ring substituents is 1. The molecule has 0 radical (unpaired) electrons. The minimum Gasteiger partial charge on any atom is -0.467 e. The molecule has 2 N–H and O–H groups in total. The number of hydrogen-bond donors (Lipinski definition) is 2. The number of nitrogens with one attached hydrogen (secondary N) is 2. The van der Waals surface area contributed by atoms with Gasteiger partial charge >= 0.3 is 5.97 Å². The topological polar surface area (TPSA) is 128 Å². The Bertz CT molecular complexity index is 646. The van der Waals surface area contributed by atoms with E-state index < -0.39 is 34.8 Å². The zero-order chi connectivity index (χ0) is 18.3. The molecule has 0 aliphatic heterocycles. The van der Waals surface area contributed by atoms with Crippen LogP contribution < -0.4 is 10.6 Å². The van der Waals surface area contributed by atoms with Gasteiger partial charge in [0.15, 0.2) is 0 Å². The summed E-state index contributed by atoms with van der Waals surface area (Å²) in [5, 5.41) is 15.6. The van der Waals surface area contributed by atoms with Gasteiger partial charge in [0.05, 0.1) is 18.5 Å². The molecule has 2 amide bonds. The van der Waals surface area contributed by atoms with E-state index >= 15 is 0 Å². The standard InChI is InChI=1S/C15H19N3O6/c1-9(14(20)17-10(2)15(21)24-3)16-13(19)8-11-5-4-6-12(7-11)18(22)23/h4-7,9-10H,8H2,1-3H3,(H,16,19)(H,17,20)/t9-,10-/m0/s1. The molecule has 2 atom stereocenters. The molecule has 9 heteroatoms. The molecule has 0 heterocycles. The summed E-state index contributed by atoms with van der Waals surface area (Å²) >= 11 is 0. The third-order valence-corrected chi connectivity index (χ3v) is 3.17. The van der Waals surface area contributed by atoms with Crippen molar-refractivity contribution in [2.75, 3.05) is 7.11 Å². The molecular weight excluding hydrogens is 318 g/mol. The maximum Gasteiger partial charge on any atom is 0.328 e. The fourth-order valence-electron chi connectivity index (χ4n) is 1.90. The van der Waals surface area contributed by atoms with Crippen molar-refractivity contribution in [2.45, 2.75) is 32.4 Å². The van der Waals surface area contributed by atoms with Crippen molar-refractivity contribution < 1.29 is 24.0 Å². The number of nitrogens with zero attached hydrogens (tertiary/aromatic N) is 1. The molecule has 1 rings (SSSR count). The lowest BCUT2D eigenvalue weighted by Crippen LogP contribution is -2.49. The summed E-state index contributed by atoms with van der Waals surface area (Å²) in [7, 11) is 1.20. The van der Waals surface area contributed by atoms with Crippen LogP contribution in [0.4, 0.5) is 5.69 Å². The minimum absolute atomic E-state index is 0.105. The van der Waals surface area contributed by atoms with Crippen molar-refractivity contribution in [3.8, 4) is 0 Å². The Hall–Kier alpha value is -2.97. The number of rotatable bonds is 7. The first kappa shape index (κ1) is 19.1. The zero-order valence-corrected chi connectivity index (χ0v) is 13.6. The first-order valence-electron chi connectivity index (χ1n) is 7.15. The predicted octanol–water partition coefficient (Wildman–Crippen LogP) is 0.320. The van der Waals surface area contributed by atoms with Gasteiger partial charge < -0.3 is 15.4 Å². The number of carbonyl (C=O) groups is 3. The zero-order valence-electron chi connectivity index (χ0n) is 13.6. The predicted molar refractivity (Wildman–Crippen MR) is 84.0 cm³/mol. The highest BCUT2D eigenvalue weighted by molar-refractivity contribution is 5.90. The monoisotopic (exact) mass is 337 g/mol. The van der Waals surface area contributed by atoms with E-state index in [-0.39, 0.29) is 12.1 Å². The Balaban J connectivity index is 2.58. The molecular formula is C15H19N3O6. The van der Waals surface area contributed by atoms with Crippen molar-refractivity contribution >= 4 is 23.5 Å². The van der Waals surface area contributed by atoms with Crippen LogP contribution in [0.3, 0.4) is 0 Å². The Morgan fingerprint density at radius 2 is 1.88 bits per heavy atom. The summed E-state index contributed by atoms with van der Waals surface area (Å²) in [5.74, 6) is -1.61. The van der Waals surface area contributed by atoms with E-state index in [0.717, 1.165) is 0 Å². The van der Waals surface area contributed by atoms with Gasteiger partial charge in [-0.15, -0.1) is 0 Å². The molecule has 130 valence electrons. The number of carbonyl (C=O) groups excluding carboxylic acids is 3. The molecule has 24 heavy (non-hydrogen) atoms. The van der Waals surface area contributed by atoms with Crippen LogP contribution in [0.1, 0.15) is 19.4 Å². The fourth-order valence-corrected chi connectivity index (χ4v) is 1.90. The number of benzene rings is 1. The highest BCUT2D eigenvalue weighted by Crippen LogP contribution is 2.13. The summed E-state index contributed by atoms with van der Waals surface area (Å²) < 4.78 is 4.49. The average molecular weight is 337 g/mol. The van der Waals surface area contributed by atoms with Crippen LogP contribution in [-0.2, 0) is 25.5 Å². The molecule has 9 nitrogen and oxygen atoms in total. The molecule has 0 fully saturated rings. The Morgan fingerprint density at radius 3 is 2.46 bits per heavy atom. The van der Waals surface area contributed by atoms with Crippen LogP contribution >= 0.6 is 0 Å². The van der Waals surface area contributed by atoms with Gasteiger partial charge in [0, 0.05) is 12.1 Å². The normalized spacial score (nSPS) is 12.6. The average Bonchev–Trinajstić information content (AvgIpc) is 2.53. The Kier molecular flexibility index (Phi) is 6.84. The lowest BCUT2D eigenvalue weighted by Gasteiger charge is -2.17. The lowest BCUT2D eigenvalue weighted by atomic mass is 10.1. The molecule has 0 spiro atoms. The minimum atomic E-state index is -0.872. The van der Waals surface area contributed by atoms with Crippen LogP contribution in [-0.4, -0.2) is 41.9 Å². The van der Waals surface area contributed by atoms with Gasteiger partial charge in [0.2, 0.25) is 11.8 Å². The second-order valence-corrected chi connectivity index (χ2v) is 5.15. The van der Waals surface area contributed by atoms with Crippen molar-refractivity contribution in [3.63, 3.8) is 0 Å². The van der Waals surface area contributed by atoms with Gasteiger partial charge in [0.1, 0.15) is 12.1 Å². The van der Waals surface area contributed by atoms with E-state index in [1.54, 1.807) is 6.07 Å². The number of ether oxygens (including phenoxy) is 1. The lowest BCUT2D eigenvalue weighted by molar-refractivity contribution is -0.384. The van der Waals surface area contributed by atoms with Gasteiger partial charge in [0.25, 0.3) is 5.69 Å². The second kappa shape index (κ2) is 8.61. The van der Waals surface area contributed by atoms with E-state index in [0.29, 0.717) is 5.56 Å². The van der Waals surface area contributed by atoms with Crippen molar-refractivity contribution in [1.82, 2.24) is 10.6 Å². The summed E-state index contributed by atoms with van der Waals surface area (Å²) in [6, 6.07) is 3.97. The molecule has 1 aromatic rings. The van der Waals surface area contributed by atoms with Crippen LogP contribution in [0, 0.1) is 10.1 Å². The Labute approximate surface area is 138 Å².